The SMILES string of the molecule is CS(=O)(=O)Nc1ccccc1CNC(=O)c1nn(-c2ccccc2F)c2c1CCC2. The molecule has 0 saturated heterocycles. The summed E-state index contributed by atoms with van der Waals surface area (Å²) < 4.78 is 41.4. The largest absolute Gasteiger partial charge is 0.346 e. The number of nitrogens with zero attached hydrogens (tertiary/aromatic N) is 2. The second-order valence-electron chi connectivity index (χ2n) is 7.20. The highest BCUT2D eigenvalue weighted by Crippen LogP contribution is 2.28. The van der Waals surface area contributed by atoms with Gasteiger partial charge in [0.2, 0.25) is 10.0 Å². The highest BCUT2D eigenvalue weighted by atomic mass is 32.2. The van der Waals surface area contributed by atoms with Gasteiger partial charge in [-0.2, -0.15) is 5.10 Å². The zero-order valence-electron chi connectivity index (χ0n) is 16.4. The molecule has 0 bridgehead atoms. The Balaban J connectivity index is 1.59. The maximum Gasteiger partial charge on any atom is 0.272 e. The van der Waals surface area contributed by atoms with Gasteiger partial charge in [0.25, 0.3) is 5.91 Å². The zero-order valence-corrected chi connectivity index (χ0v) is 17.2. The Morgan fingerprint density at radius 3 is 2.63 bits per heavy atom. The summed E-state index contributed by atoms with van der Waals surface area (Å²) in [6.45, 7) is 0.124. The van der Waals surface area contributed by atoms with Crippen LogP contribution in [0.2, 0.25) is 0 Å². The molecule has 0 spiro atoms. The van der Waals surface area contributed by atoms with Crippen molar-refractivity contribution in [2.24, 2.45) is 0 Å². The molecule has 30 heavy (non-hydrogen) atoms. The van der Waals surface area contributed by atoms with Crippen molar-refractivity contribution in [3.05, 3.63) is 76.9 Å². The summed E-state index contributed by atoms with van der Waals surface area (Å²) >= 11 is 0. The van der Waals surface area contributed by atoms with Gasteiger partial charge in [-0.05, 0) is 43.0 Å². The number of nitrogens with one attached hydrogen (secondary N) is 2. The minimum atomic E-state index is -3.44. The number of hydrogen-bond acceptors (Lipinski definition) is 4. The summed E-state index contributed by atoms with van der Waals surface area (Å²) in [5.74, 6) is -0.778. The topological polar surface area (TPSA) is 93.1 Å². The monoisotopic (exact) mass is 428 g/mol. The normalized spacial score (nSPS) is 13.1. The first-order valence-electron chi connectivity index (χ1n) is 9.53. The fourth-order valence-corrected chi connectivity index (χ4v) is 4.27. The van der Waals surface area contributed by atoms with E-state index in [9.17, 15) is 17.6 Å². The van der Waals surface area contributed by atoms with Crippen LogP contribution in [-0.4, -0.2) is 30.4 Å². The van der Waals surface area contributed by atoms with Crippen LogP contribution in [0.4, 0.5) is 10.1 Å². The maximum atomic E-state index is 14.3. The van der Waals surface area contributed by atoms with Crippen LogP contribution < -0.4 is 10.0 Å². The van der Waals surface area contributed by atoms with E-state index < -0.39 is 15.8 Å². The van der Waals surface area contributed by atoms with Crippen molar-refractivity contribution in [1.29, 1.82) is 0 Å². The van der Waals surface area contributed by atoms with Crippen molar-refractivity contribution in [1.82, 2.24) is 15.1 Å². The quantitative estimate of drug-likeness (QED) is 0.631. The van der Waals surface area contributed by atoms with Crippen molar-refractivity contribution in [2.45, 2.75) is 25.8 Å². The highest BCUT2D eigenvalue weighted by molar-refractivity contribution is 7.92. The standard InChI is InChI=1S/C21H21FN4O3S/c1-30(28,29)25-17-10-4-2-7-14(17)13-23-21(27)20-15-8-6-12-18(15)26(24-20)19-11-5-3-9-16(19)22/h2-5,7,9-11,25H,6,8,12-13H2,1H3,(H,23,27). The number of aromatic nitrogens is 2. The molecule has 0 atom stereocenters. The Kier molecular flexibility index (Phi) is 5.29. The molecular formula is C21H21FN4O3S. The summed E-state index contributed by atoms with van der Waals surface area (Å²) in [7, 11) is -3.44. The van der Waals surface area contributed by atoms with Crippen LogP contribution in [0, 0.1) is 5.82 Å². The molecule has 4 rings (SSSR count). The van der Waals surface area contributed by atoms with E-state index in [0.29, 0.717) is 23.4 Å². The number of benzene rings is 2. The maximum absolute atomic E-state index is 14.3. The van der Waals surface area contributed by atoms with Gasteiger partial charge in [0.05, 0.1) is 11.9 Å². The molecule has 1 amide bonds. The Labute approximate surface area is 174 Å². The fourth-order valence-electron chi connectivity index (χ4n) is 3.68. The molecule has 9 heteroatoms. The van der Waals surface area contributed by atoms with Crippen LogP contribution in [0.15, 0.2) is 48.5 Å². The Hall–Kier alpha value is -3.20. The number of anilines is 1. The first kappa shape index (κ1) is 20.1. The van der Waals surface area contributed by atoms with Gasteiger partial charge in [0, 0.05) is 17.8 Å². The lowest BCUT2D eigenvalue weighted by atomic mass is 10.1. The minimum Gasteiger partial charge on any atom is -0.346 e. The Morgan fingerprint density at radius 2 is 1.87 bits per heavy atom. The van der Waals surface area contributed by atoms with Gasteiger partial charge in [-0.1, -0.05) is 30.3 Å². The smallest absolute Gasteiger partial charge is 0.272 e. The van der Waals surface area contributed by atoms with E-state index in [1.165, 1.54) is 10.7 Å². The van der Waals surface area contributed by atoms with E-state index in [-0.39, 0.29) is 18.1 Å². The van der Waals surface area contributed by atoms with E-state index in [0.717, 1.165) is 30.4 Å². The van der Waals surface area contributed by atoms with Crippen LogP contribution in [0.3, 0.4) is 0 Å². The molecule has 7 nitrogen and oxygen atoms in total. The van der Waals surface area contributed by atoms with Crippen molar-refractivity contribution in [2.75, 3.05) is 11.0 Å². The number of fused-ring (bicyclic) bond motifs is 1. The van der Waals surface area contributed by atoms with E-state index in [2.05, 4.69) is 15.1 Å². The molecule has 1 aliphatic rings. The van der Waals surface area contributed by atoms with Crippen molar-refractivity contribution in [3.8, 4) is 5.69 Å². The number of carbonyl (C=O) groups is 1. The van der Waals surface area contributed by atoms with Crippen LogP contribution in [0.1, 0.15) is 33.7 Å². The molecule has 0 unspecified atom stereocenters. The van der Waals surface area contributed by atoms with E-state index in [1.54, 1.807) is 42.5 Å². The second kappa shape index (κ2) is 7.91. The molecule has 0 radical (unpaired) electrons. The number of rotatable bonds is 6. The molecule has 156 valence electrons. The number of sulfonamides is 1. The molecule has 1 heterocycles. The van der Waals surface area contributed by atoms with Crippen molar-refractivity contribution in [3.63, 3.8) is 0 Å². The molecule has 0 aliphatic heterocycles. The van der Waals surface area contributed by atoms with Crippen LogP contribution in [-0.2, 0) is 29.4 Å². The summed E-state index contributed by atoms with van der Waals surface area (Å²) in [6, 6.07) is 13.2. The van der Waals surface area contributed by atoms with Gasteiger partial charge in [0.1, 0.15) is 11.5 Å². The molecule has 1 aliphatic carbocycles. The molecule has 3 aromatic rings. The van der Waals surface area contributed by atoms with Gasteiger partial charge in [-0.3, -0.25) is 9.52 Å². The molecule has 0 fully saturated rings. The van der Waals surface area contributed by atoms with Gasteiger partial charge >= 0.3 is 0 Å². The lowest BCUT2D eigenvalue weighted by Gasteiger charge is -2.11. The predicted octanol–water partition coefficient (Wildman–Crippen LogP) is 2.80. The number of carbonyl (C=O) groups excluding carboxylic acids is 1. The molecular weight excluding hydrogens is 407 g/mol. The highest BCUT2D eigenvalue weighted by Gasteiger charge is 2.27. The van der Waals surface area contributed by atoms with Crippen molar-refractivity contribution < 1.29 is 17.6 Å². The molecule has 2 aromatic carbocycles. The van der Waals surface area contributed by atoms with Crippen LogP contribution in [0.5, 0.6) is 0 Å². The Morgan fingerprint density at radius 1 is 1.13 bits per heavy atom. The molecule has 1 aromatic heterocycles. The summed E-state index contributed by atoms with van der Waals surface area (Å²) in [6.07, 6.45) is 3.38. The number of halogens is 1. The first-order chi connectivity index (χ1) is 14.3. The number of amides is 1. The van der Waals surface area contributed by atoms with Crippen LogP contribution >= 0.6 is 0 Å². The number of hydrogen-bond donors (Lipinski definition) is 2. The lowest BCUT2D eigenvalue weighted by Crippen LogP contribution is -2.25. The van der Waals surface area contributed by atoms with Gasteiger partial charge in [-0.15, -0.1) is 0 Å². The lowest BCUT2D eigenvalue weighted by molar-refractivity contribution is 0.0944. The second-order valence-corrected chi connectivity index (χ2v) is 8.95. The molecule has 0 saturated carbocycles. The Bertz CT molecular complexity index is 1220. The summed E-state index contributed by atoms with van der Waals surface area (Å²) in [5, 5.41) is 7.22. The first-order valence-corrected chi connectivity index (χ1v) is 11.4. The third kappa shape index (κ3) is 4.06. The summed E-state index contributed by atoms with van der Waals surface area (Å²) in [5.41, 5.74) is 3.31. The summed E-state index contributed by atoms with van der Waals surface area (Å²) in [4.78, 5) is 12.9. The van der Waals surface area contributed by atoms with Gasteiger partial charge in [-0.25, -0.2) is 17.5 Å². The third-order valence-electron chi connectivity index (χ3n) is 4.98. The molecule has 2 N–H and O–H groups in total. The average Bonchev–Trinajstić information content (AvgIpc) is 3.29. The van der Waals surface area contributed by atoms with Crippen molar-refractivity contribution >= 4 is 21.6 Å². The van der Waals surface area contributed by atoms with Gasteiger partial charge < -0.3 is 5.32 Å². The number of para-hydroxylation sites is 2. The van der Waals surface area contributed by atoms with E-state index in [1.807, 2.05) is 0 Å². The van der Waals surface area contributed by atoms with Crippen LogP contribution in [0.25, 0.3) is 5.69 Å². The third-order valence-corrected chi connectivity index (χ3v) is 5.57. The minimum absolute atomic E-state index is 0.124. The predicted molar refractivity (Wildman–Crippen MR) is 112 cm³/mol. The zero-order chi connectivity index (χ0) is 21.3. The van der Waals surface area contributed by atoms with Gasteiger partial charge in [0.15, 0.2) is 5.69 Å². The fraction of sp³-hybridized carbons (Fsp3) is 0.238. The van der Waals surface area contributed by atoms with E-state index >= 15 is 0 Å². The average molecular weight is 428 g/mol. The van der Waals surface area contributed by atoms with E-state index in [4.69, 9.17) is 0 Å².